The first-order chi connectivity index (χ1) is 9.54. The lowest BCUT2D eigenvalue weighted by Crippen LogP contribution is -2.51. The molecule has 0 aliphatic carbocycles. The largest absolute Gasteiger partial charge is 0.467 e. The van der Waals surface area contributed by atoms with Gasteiger partial charge in [0, 0.05) is 17.8 Å². The number of morpholine rings is 1. The average molecular weight is 294 g/mol. The molecule has 20 heavy (non-hydrogen) atoms. The van der Waals surface area contributed by atoms with Crippen molar-refractivity contribution in [3.63, 3.8) is 0 Å². The molecule has 1 aliphatic heterocycles. The zero-order valence-corrected chi connectivity index (χ0v) is 12.4. The van der Waals surface area contributed by atoms with E-state index in [1.807, 2.05) is 30.0 Å². The molecule has 2 N–H and O–H groups in total. The van der Waals surface area contributed by atoms with Crippen LogP contribution in [0, 0.1) is 6.92 Å². The molecule has 5 nitrogen and oxygen atoms in total. The van der Waals surface area contributed by atoms with Gasteiger partial charge in [0.25, 0.3) is 0 Å². The number of thiocarbonyl (C=S) groups is 1. The van der Waals surface area contributed by atoms with Crippen molar-refractivity contribution < 1.29 is 14.3 Å². The molecule has 6 heteroatoms. The summed E-state index contributed by atoms with van der Waals surface area (Å²) in [6.07, 6.45) is 0. The van der Waals surface area contributed by atoms with E-state index in [-0.39, 0.29) is 5.97 Å². The Hall–Kier alpha value is -1.66. The first kappa shape index (κ1) is 14.7. The smallest absolute Gasteiger partial charge is 0.330 e. The molecule has 1 fully saturated rings. The fourth-order valence-electron chi connectivity index (χ4n) is 2.31. The Morgan fingerprint density at radius 2 is 2.30 bits per heavy atom. The van der Waals surface area contributed by atoms with Gasteiger partial charge in [0.2, 0.25) is 0 Å². The number of methoxy groups -OCH3 is 1. The first-order valence-corrected chi connectivity index (χ1v) is 6.78. The van der Waals surface area contributed by atoms with Crippen LogP contribution in [0.2, 0.25) is 0 Å². The summed E-state index contributed by atoms with van der Waals surface area (Å²) in [6.45, 7) is 3.44. The van der Waals surface area contributed by atoms with E-state index in [4.69, 9.17) is 27.4 Å². The van der Waals surface area contributed by atoms with Crippen LogP contribution in [0.5, 0.6) is 0 Å². The number of carbonyl (C=O) groups is 1. The van der Waals surface area contributed by atoms with Crippen LogP contribution >= 0.6 is 12.2 Å². The highest BCUT2D eigenvalue weighted by molar-refractivity contribution is 7.80. The lowest BCUT2D eigenvalue weighted by atomic mass is 10.1. The monoisotopic (exact) mass is 294 g/mol. The highest BCUT2D eigenvalue weighted by atomic mass is 32.1. The summed E-state index contributed by atoms with van der Waals surface area (Å²) >= 11 is 5.10. The van der Waals surface area contributed by atoms with E-state index < -0.39 is 6.04 Å². The fourth-order valence-corrected chi connectivity index (χ4v) is 2.48. The van der Waals surface area contributed by atoms with Crippen LogP contribution in [0.4, 0.5) is 5.69 Å². The zero-order valence-electron chi connectivity index (χ0n) is 11.6. The minimum atomic E-state index is -0.469. The topological polar surface area (TPSA) is 64.8 Å². The van der Waals surface area contributed by atoms with Crippen molar-refractivity contribution in [2.45, 2.75) is 13.0 Å². The van der Waals surface area contributed by atoms with E-state index in [1.54, 1.807) is 0 Å². The molecular formula is C14H18N2O3S. The quantitative estimate of drug-likeness (QED) is 0.663. The van der Waals surface area contributed by atoms with Gasteiger partial charge in [-0.15, -0.1) is 0 Å². The average Bonchev–Trinajstić information content (AvgIpc) is 2.46. The molecule has 1 aromatic rings. The van der Waals surface area contributed by atoms with Gasteiger partial charge in [-0.25, -0.2) is 4.79 Å². The second-order valence-electron chi connectivity index (χ2n) is 4.69. The molecule has 2 rings (SSSR count). The second kappa shape index (κ2) is 6.19. The molecule has 0 amide bonds. The van der Waals surface area contributed by atoms with Crippen molar-refractivity contribution in [1.29, 1.82) is 0 Å². The summed E-state index contributed by atoms with van der Waals surface area (Å²) in [5.74, 6) is -0.319. The van der Waals surface area contributed by atoms with Crippen LogP contribution in [0.15, 0.2) is 18.2 Å². The van der Waals surface area contributed by atoms with Crippen LogP contribution in [0.25, 0.3) is 0 Å². The Balaban J connectivity index is 2.44. The third-order valence-corrected chi connectivity index (χ3v) is 3.55. The van der Waals surface area contributed by atoms with E-state index in [0.29, 0.717) is 24.7 Å². The Kier molecular flexibility index (Phi) is 4.57. The van der Waals surface area contributed by atoms with Gasteiger partial charge in [-0.3, -0.25) is 0 Å². The molecule has 0 aromatic heterocycles. The third kappa shape index (κ3) is 2.91. The molecule has 1 aromatic carbocycles. The lowest BCUT2D eigenvalue weighted by molar-refractivity contribution is -0.144. The maximum Gasteiger partial charge on any atom is 0.330 e. The number of nitrogens with zero attached hydrogens (tertiary/aromatic N) is 1. The summed E-state index contributed by atoms with van der Waals surface area (Å²) in [5.41, 5.74) is 8.48. The number of benzene rings is 1. The number of hydrogen-bond donors (Lipinski definition) is 1. The van der Waals surface area contributed by atoms with Gasteiger partial charge in [0.1, 0.15) is 4.99 Å². The van der Waals surface area contributed by atoms with Crippen molar-refractivity contribution in [2.75, 3.05) is 31.8 Å². The van der Waals surface area contributed by atoms with Gasteiger partial charge in [0.05, 0.1) is 20.3 Å². The maximum absolute atomic E-state index is 11.9. The number of nitrogens with two attached hydrogens (primary N) is 1. The Morgan fingerprint density at radius 3 is 2.95 bits per heavy atom. The minimum Gasteiger partial charge on any atom is -0.467 e. The van der Waals surface area contributed by atoms with E-state index in [0.717, 1.165) is 16.8 Å². The van der Waals surface area contributed by atoms with Crippen molar-refractivity contribution in [2.24, 2.45) is 5.73 Å². The van der Waals surface area contributed by atoms with Gasteiger partial charge < -0.3 is 20.1 Å². The van der Waals surface area contributed by atoms with E-state index >= 15 is 0 Å². The molecule has 1 unspecified atom stereocenters. The van der Waals surface area contributed by atoms with Crippen molar-refractivity contribution in [3.05, 3.63) is 29.3 Å². The molecule has 0 bridgehead atoms. The first-order valence-electron chi connectivity index (χ1n) is 6.37. The van der Waals surface area contributed by atoms with Crippen LogP contribution in [-0.2, 0) is 14.3 Å². The highest BCUT2D eigenvalue weighted by Crippen LogP contribution is 2.26. The van der Waals surface area contributed by atoms with Gasteiger partial charge in [-0.05, 0) is 24.6 Å². The predicted molar refractivity (Wildman–Crippen MR) is 81.0 cm³/mol. The number of aryl methyl sites for hydroxylation is 1. The number of ether oxygens (including phenoxy) is 2. The van der Waals surface area contributed by atoms with Crippen LogP contribution in [0.3, 0.4) is 0 Å². The van der Waals surface area contributed by atoms with Gasteiger partial charge in [0.15, 0.2) is 6.04 Å². The number of carbonyl (C=O) groups excluding carboxylic acids is 1. The third-order valence-electron chi connectivity index (χ3n) is 3.33. The zero-order chi connectivity index (χ0) is 14.7. The molecule has 1 atom stereocenters. The summed E-state index contributed by atoms with van der Waals surface area (Å²) < 4.78 is 10.2. The predicted octanol–water partition coefficient (Wildman–Crippen LogP) is 1.01. The fraction of sp³-hybridized carbons (Fsp3) is 0.429. The molecule has 0 saturated carbocycles. The molecule has 108 valence electrons. The van der Waals surface area contributed by atoms with E-state index in [1.165, 1.54) is 7.11 Å². The molecule has 0 radical (unpaired) electrons. The molecule has 0 spiro atoms. The van der Waals surface area contributed by atoms with Crippen LogP contribution < -0.4 is 10.6 Å². The number of rotatable bonds is 3. The minimum absolute atomic E-state index is 0.303. The van der Waals surface area contributed by atoms with Gasteiger partial charge in [-0.2, -0.15) is 0 Å². The Bertz CT molecular complexity index is 533. The summed E-state index contributed by atoms with van der Waals surface area (Å²) in [4.78, 5) is 14.2. The van der Waals surface area contributed by atoms with Crippen molar-refractivity contribution in [1.82, 2.24) is 0 Å². The molecule has 1 saturated heterocycles. The standard InChI is InChI=1S/C14H18N2O3S/c1-9-3-4-10(13(15)20)11(7-9)16-5-6-19-8-12(16)14(17)18-2/h3-4,7,12H,5-6,8H2,1-2H3,(H2,15,20). The van der Waals surface area contributed by atoms with Gasteiger partial charge in [-0.1, -0.05) is 18.3 Å². The molecule has 1 heterocycles. The van der Waals surface area contributed by atoms with Crippen LogP contribution in [-0.4, -0.2) is 43.9 Å². The van der Waals surface area contributed by atoms with E-state index in [2.05, 4.69) is 0 Å². The Morgan fingerprint density at radius 1 is 1.55 bits per heavy atom. The summed E-state index contributed by atoms with van der Waals surface area (Å²) in [7, 11) is 1.37. The SMILES string of the molecule is COC(=O)C1COCCN1c1cc(C)ccc1C(N)=S. The summed E-state index contributed by atoms with van der Waals surface area (Å²) in [5, 5.41) is 0. The molecular weight excluding hydrogens is 276 g/mol. The van der Waals surface area contributed by atoms with Crippen molar-refractivity contribution >= 4 is 28.9 Å². The second-order valence-corrected chi connectivity index (χ2v) is 5.13. The highest BCUT2D eigenvalue weighted by Gasteiger charge is 2.32. The number of esters is 1. The normalized spacial score (nSPS) is 18.7. The Labute approximate surface area is 123 Å². The number of anilines is 1. The lowest BCUT2D eigenvalue weighted by Gasteiger charge is -2.36. The number of hydrogen-bond acceptors (Lipinski definition) is 5. The maximum atomic E-state index is 11.9. The summed E-state index contributed by atoms with van der Waals surface area (Å²) in [6, 6.07) is 5.35. The molecule has 1 aliphatic rings. The van der Waals surface area contributed by atoms with Crippen LogP contribution in [0.1, 0.15) is 11.1 Å². The van der Waals surface area contributed by atoms with Gasteiger partial charge >= 0.3 is 5.97 Å². The van der Waals surface area contributed by atoms with Crippen molar-refractivity contribution in [3.8, 4) is 0 Å². The van der Waals surface area contributed by atoms with E-state index in [9.17, 15) is 4.79 Å².